The van der Waals surface area contributed by atoms with Gasteiger partial charge in [0.15, 0.2) is 0 Å². The van der Waals surface area contributed by atoms with Gasteiger partial charge in [-0.2, -0.15) is 0 Å². The number of hydrogen-bond donors (Lipinski definition) is 1. The van der Waals surface area contributed by atoms with Gasteiger partial charge in [0.1, 0.15) is 6.61 Å². The number of nitrogen functional groups attached to an aromatic ring is 1. The van der Waals surface area contributed by atoms with Crippen molar-refractivity contribution in [1.29, 1.82) is 0 Å². The average Bonchev–Trinajstić information content (AvgIpc) is 2.88. The van der Waals surface area contributed by atoms with Crippen LogP contribution >= 0.6 is 11.3 Å². The van der Waals surface area contributed by atoms with Crippen LogP contribution in [-0.4, -0.2) is 5.97 Å². The third-order valence-electron chi connectivity index (χ3n) is 3.39. The van der Waals surface area contributed by atoms with Gasteiger partial charge in [-0.05, 0) is 47.5 Å². The molecule has 0 atom stereocenters. The first-order valence-electron chi connectivity index (χ1n) is 6.63. The lowest BCUT2D eigenvalue weighted by Gasteiger charge is -2.07. The van der Waals surface area contributed by atoms with Crippen LogP contribution in [0.3, 0.4) is 0 Å². The summed E-state index contributed by atoms with van der Waals surface area (Å²) in [6.07, 6.45) is 0. The van der Waals surface area contributed by atoms with Gasteiger partial charge >= 0.3 is 5.97 Å². The van der Waals surface area contributed by atoms with E-state index in [4.69, 9.17) is 10.5 Å². The van der Waals surface area contributed by atoms with E-state index in [1.165, 1.54) is 4.70 Å². The minimum atomic E-state index is -0.317. The summed E-state index contributed by atoms with van der Waals surface area (Å²) in [7, 11) is 0. The topological polar surface area (TPSA) is 52.3 Å². The maximum absolute atomic E-state index is 12.1. The predicted molar refractivity (Wildman–Crippen MR) is 86.5 cm³/mol. The molecule has 0 saturated heterocycles. The molecule has 0 aliphatic heterocycles. The lowest BCUT2D eigenvalue weighted by Crippen LogP contribution is -2.07. The largest absolute Gasteiger partial charge is 0.457 e. The summed E-state index contributed by atoms with van der Waals surface area (Å²) in [6, 6.07) is 13.3. The number of nitrogens with two attached hydrogens (primary N) is 1. The van der Waals surface area contributed by atoms with E-state index in [1.54, 1.807) is 29.5 Å². The number of rotatable bonds is 3. The number of carbonyl (C=O) groups excluding carboxylic acids is 1. The van der Waals surface area contributed by atoms with Crippen molar-refractivity contribution in [2.75, 3.05) is 5.73 Å². The Morgan fingerprint density at radius 3 is 2.86 bits per heavy atom. The second-order valence-electron chi connectivity index (χ2n) is 4.91. The van der Waals surface area contributed by atoms with Gasteiger partial charge in [0.05, 0.1) is 5.56 Å². The van der Waals surface area contributed by atoms with E-state index in [9.17, 15) is 4.79 Å². The number of carbonyl (C=O) groups is 1. The first kappa shape index (κ1) is 13.6. The van der Waals surface area contributed by atoms with E-state index in [-0.39, 0.29) is 12.6 Å². The van der Waals surface area contributed by atoms with Crippen molar-refractivity contribution in [2.24, 2.45) is 0 Å². The van der Waals surface area contributed by atoms with E-state index < -0.39 is 0 Å². The van der Waals surface area contributed by atoms with E-state index in [0.717, 1.165) is 16.5 Å². The van der Waals surface area contributed by atoms with Crippen LogP contribution in [0.15, 0.2) is 47.8 Å². The Morgan fingerprint density at radius 1 is 1.24 bits per heavy atom. The molecular formula is C17H15NO2S. The molecule has 0 saturated carbocycles. The molecule has 3 nitrogen and oxygen atoms in total. The smallest absolute Gasteiger partial charge is 0.338 e. The molecule has 0 radical (unpaired) electrons. The van der Waals surface area contributed by atoms with Crippen molar-refractivity contribution in [3.63, 3.8) is 0 Å². The minimum Gasteiger partial charge on any atom is -0.457 e. The van der Waals surface area contributed by atoms with Crippen molar-refractivity contribution >= 4 is 33.1 Å². The number of fused-ring (bicyclic) bond motifs is 1. The highest BCUT2D eigenvalue weighted by atomic mass is 32.1. The highest BCUT2D eigenvalue weighted by Crippen LogP contribution is 2.26. The molecular weight excluding hydrogens is 282 g/mol. The van der Waals surface area contributed by atoms with E-state index >= 15 is 0 Å². The monoisotopic (exact) mass is 297 g/mol. The lowest BCUT2D eigenvalue weighted by atomic mass is 10.1. The molecule has 0 aliphatic carbocycles. The van der Waals surface area contributed by atoms with Gasteiger partial charge in [-0.15, -0.1) is 11.3 Å². The van der Waals surface area contributed by atoms with Gasteiger partial charge in [-0.3, -0.25) is 0 Å². The Morgan fingerprint density at radius 2 is 2.05 bits per heavy atom. The van der Waals surface area contributed by atoms with Crippen molar-refractivity contribution in [3.05, 3.63) is 64.5 Å². The summed E-state index contributed by atoms with van der Waals surface area (Å²) in [4.78, 5) is 12.1. The number of benzene rings is 2. The molecule has 1 aromatic heterocycles. The van der Waals surface area contributed by atoms with Crippen LogP contribution in [0.4, 0.5) is 5.69 Å². The van der Waals surface area contributed by atoms with Gasteiger partial charge in [-0.1, -0.05) is 18.2 Å². The normalized spacial score (nSPS) is 10.7. The lowest BCUT2D eigenvalue weighted by molar-refractivity contribution is 0.0474. The summed E-state index contributed by atoms with van der Waals surface area (Å²) in [6.45, 7) is 2.14. The molecule has 1 heterocycles. The highest BCUT2D eigenvalue weighted by Gasteiger charge is 2.12. The molecule has 0 aliphatic rings. The number of ether oxygens (including phenoxy) is 1. The third-order valence-corrected chi connectivity index (χ3v) is 4.40. The number of aryl methyl sites for hydroxylation is 1. The Labute approximate surface area is 127 Å². The number of thiophene rings is 1. The molecule has 3 aromatic rings. The molecule has 0 fully saturated rings. The predicted octanol–water partition coefficient (Wildman–Crippen LogP) is 4.15. The molecule has 21 heavy (non-hydrogen) atoms. The molecule has 0 bridgehead atoms. The molecule has 0 unspecified atom stereocenters. The highest BCUT2D eigenvalue weighted by molar-refractivity contribution is 7.17. The van der Waals surface area contributed by atoms with E-state index in [2.05, 4.69) is 6.07 Å². The zero-order valence-electron chi connectivity index (χ0n) is 11.6. The summed E-state index contributed by atoms with van der Waals surface area (Å²) in [5.74, 6) is -0.317. The summed E-state index contributed by atoms with van der Waals surface area (Å²) < 4.78 is 6.63. The van der Waals surface area contributed by atoms with Gasteiger partial charge in [0.2, 0.25) is 0 Å². The quantitative estimate of drug-likeness (QED) is 0.583. The van der Waals surface area contributed by atoms with Crippen LogP contribution in [0.25, 0.3) is 10.1 Å². The molecule has 106 valence electrons. The van der Waals surface area contributed by atoms with Crippen LogP contribution < -0.4 is 5.73 Å². The van der Waals surface area contributed by atoms with Gasteiger partial charge < -0.3 is 10.5 Å². The van der Waals surface area contributed by atoms with E-state index in [0.29, 0.717) is 11.3 Å². The zero-order chi connectivity index (χ0) is 14.8. The van der Waals surface area contributed by atoms with Crippen LogP contribution in [0.1, 0.15) is 21.5 Å². The Balaban J connectivity index is 1.77. The molecule has 0 spiro atoms. The molecule has 4 heteroatoms. The summed E-state index contributed by atoms with van der Waals surface area (Å²) in [5.41, 5.74) is 8.76. The van der Waals surface area contributed by atoms with Gasteiger partial charge in [-0.25, -0.2) is 4.79 Å². The number of anilines is 1. The average molecular weight is 297 g/mol. The zero-order valence-corrected chi connectivity index (χ0v) is 12.4. The van der Waals surface area contributed by atoms with Crippen LogP contribution in [0.2, 0.25) is 0 Å². The van der Waals surface area contributed by atoms with Gasteiger partial charge in [0.25, 0.3) is 0 Å². The maximum Gasteiger partial charge on any atom is 0.338 e. The van der Waals surface area contributed by atoms with Crippen LogP contribution in [0, 0.1) is 6.92 Å². The molecule has 2 aromatic carbocycles. The first-order valence-corrected chi connectivity index (χ1v) is 7.51. The fourth-order valence-corrected chi connectivity index (χ4v) is 3.23. The van der Waals surface area contributed by atoms with Crippen molar-refractivity contribution in [1.82, 2.24) is 0 Å². The van der Waals surface area contributed by atoms with Crippen molar-refractivity contribution < 1.29 is 9.53 Å². The standard InChI is InChI=1S/C17H15NO2S/c1-11-8-13(18)6-7-14(11)17(19)20-9-12-10-21-16-5-3-2-4-15(12)16/h2-8,10H,9,18H2,1H3. The van der Waals surface area contributed by atoms with E-state index in [1.807, 2.05) is 30.5 Å². The molecule has 3 rings (SSSR count). The maximum atomic E-state index is 12.1. The fraction of sp³-hybridized carbons (Fsp3) is 0.118. The number of hydrogen-bond acceptors (Lipinski definition) is 4. The summed E-state index contributed by atoms with van der Waals surface area (Å²) >= 11 is 1.66. The molecule has 2 N–H and O–H groups in total. The first-order chi connectivity index (χ1) is 10.1. The van der Waals surface area contributed by atoms with Crippen LogP contribution in [-0.2, 0) is 11.3 Å². The summed E-state index contributed by atoms with van der Waals surface area (Å²) in [5, 5.41) is 3.18. The minimum absolute atomic E-state index is 0.284. The second-order valence-corrected chi connectivity index (χ2v) is 5.82. The van der Waals surface area contributed by atoms with Crippen molar-refractivity contribution in [3.8, 4) is 0 Å². The van der Waals surface area contributed by atoms with Crippen molar-refractivity contribution in [2.45, 2.75) is 13.5 Å². The Hall–Kier alpha value is -2.33. The van der Waals surface area contributed by atoms with Gasteiger partial charge in [0, 0.05) is 16.0 Å². The SMILES string of the molecule is Cc1cc(N)ccc1C(=O)OCc1csc2ccccc12. The Bertz CT molecular complexity index is 807. The second kappa shape index (κ2) is 5.58. The third kappa shape index (κ3) is 2.76. The fourth-order valence-electron chi connectivity index (χ4n) is 2.28. The number of esters is 1. The molecule has 0 amide bonds. The Kier molecular flexibility index (Phi) is 3.62. The van der Waals surface area contributed by atoms with Crippen LogP contribution in [0.5, 0.6) is 0 Å².